The van der Waals surface area contributed by atoms with Crippen molar-refractivity contribution in [3.63, 3.8) is 0 Å². The van der Waals surface area contributed by atoms with Crippen molar-refractivity contribution in [2.75, 3.05) is 19.3 Å². The Hall–Kier alpha value is -1.16. The van der Waals surface area contributed by atoms with Crippen LogP contribution < -0.4 is 10.0 Å². The molecule has 0 saturated carbocycles. The summed E-state index contributed by atoms with van der Waals surface area (Å²) in [4.78, 5) is 0. The van der Waals surface area contributed by atoms with E-state index in [0.29, 0.717) is 37.1 Å². The first-order valence-electron chi connectivity index (χ1n) is 9.47. The molecule has 1 heterocycles. The van der Waals surface area contributed by atoms with Crippen LogP contribution in [-0.2, 0) is 21.2 Å². The first-order valence-corrected chi connectivity index (χ1v) is 11.4. The van der Waals surface area contributed by atoms with Gasteiger partial charge in [-0.15, -0.1) is 0 Å². The number of hydrogen-bond acceptors (Lipinski definition) is 4. The summed E-state index contributed by atoms with van der Waals surface area (Å²) in [5.74, 6) is 0. The lowest BCUT2D eigenvalue weighted by Gasteiger charge is -2.39. The highest BCUT2D eigenvalue weighted by molar-refractivity contribution is 7.88. The molecule has 0 bridgehead atoms. The third kappa shape index (κ3) is 6.17. The third-order valence-electron chi connectivity index (χ3n) is 5.13. The van der Waals surface area contributed by atoms with Gasteiger partial charge in [-0.3, -0.25) is 0 Å². The summed E-state index contributed by atoms with van der Waals surface area (Å²) in [7, 11) is -3.37. The highest BCUT2D eigenvalue weighted by Crippen LogP contribution is 2.41. The van der Waals surface area contributed by atoms with Crippen LogP contribution >= 0.6 is 0 Å². The molecule has 1 aromatic carbocycles. The van der Waals surface area contributed by atoms with Crippen LogP contribution in [0.15, 0.2) is 24.3 Å². The number of rotatable bonds is 8. The van der Waals surface area contributed by atoms with Gasteiger partial charge in [0.25, 0.3) is 0 Å². The van der Waals surface area contributed by atoms with E-state index < -0.39 is 33.9 Å². The van der Waals surface area contributed by atoms with Crippen molar-refractivity contribution in [2.45, 2.75) is 63.5 Å². The van der Waals surface area contributed by atoms with Crippen molar-refractivity contribution < 1.29 is 26.3 Å². The monoisotopic (exact) mass is 422 g/mol. The minimum atomic E-state index is -4.49. The molecule has 1 aliphatic rings. The molecule has 1 aliphatic heterocycles. The number of ether oxygens (including phenoxy) is 1. The number of sulfonamides is 1. The van der Waals surface area contributed by atoms with E-state index in [1.165, 1.54) is 6.92 Å². The SMILES string of the molecule is CCC(Cc1ccc([C@@H](C)NS(C)(=O)=O)cc1)(OC1CCNCC1)C(F)(F)F. The summed E-state index contributed by atoms with van der Waals surface area (Å²) < 4.78 is 72.8. The Bertz CT molecular complexity index is 732. The third-order valence-corrected chi connectivity index (χ3v) is 5.91. The van der Waals surface area contributed by atoms with E-state index in [2.05, 4.69) is 10.0 Å². The summed E-state index contributed by atoms with van der Waals surface area (Å²) in [5.41, 5.74) is -1.04. The predicted molar refractivity (Wildman–Crippen MR) is 103 cm³/mol. The van der Waals surface area contributed by atoms with Crippen molar-refractivity contribution in [3.05, 3.63) is 35.4 Å². The highest BCUT2D eigenvalue weighted by Gasteiger charge is 2.55. The number of hydrogen-bond donors (Lipinski definition) is 2. The van der Waals surface area contributed by atoms with Crippen molar-refractivity contribution in [3.8, 4) is 0 Å². The zero-order valence-corrected chi connectivity index (χ0v) is 17.3. The fourth-order valence-electron chi connectivity index (χ4n) is 3.49. The molecule has 5 nitrogen and oxygen atoms in total. The molecule has 9 heteroatoms. The Morgan fingerprint density at radius 1 is 1.21 bits per heavy atom. The standard InChI is InChI=1S/C19H29F3N2O3S/c1-4-18(19(20,21)22,27-17-9-11-23-12-10-17)13-15-5-7-16(8-6-15)14(2)24-28(3,25)26/h5-8,14,17,23-24H,4,9-13H2,1-3H3/t14-,18?/m1/s1. The average Bonchev–Trinajstić information content (AvgIpc) is 2.60. The molecule has 160 valence electrons. The fraction of sp³-hybridized carbons (Fsp3) is 0.684. The first kappa shape index (κ1) is 23.1. The minimum Gasteiger partial charge on any atom is -0.362 e. The van der Waals surface area contributed by atoms with Gasteiger partial charge in [0.05, 0.1) is 12.4 Å². The molecule has 1 fully saturated rings. The van der Waals surface area contributed by atoms with E-state index in [9.17, 15) is 21.6 Å². The van der Waals surface area contributed by atoms with Gasteiger partial charge in [0.1, 0.15) is 0 Å². The topological polar surface area (TPSA) is 67.4 Å². The van der Waals surface area contributed by atoms with Crippen LogP contribution in [0.25, 0.3) is 0 Å². The number of halogens is 3. The van der Waals surface area contributed by atoms with Gasteiger partial charge in [-0.05, 0) is 50.4 Å². The van der Waals surface area contributed by atoms with Crippen molar-refractivity contribution in [2.24, 2.45) is 0 Å². The van der Waals surface area contributed by atoms with Gasteiger partial charge < -0.3 is 10.1 Å². The quantitative estimate of drug-likeness (QED) is 0.675. The highest BCUT2D eigenvalue weighted by atomic mass is 32.2. The molecule has 2 atom stereocenters. The largest absolute Gasteiger partial charge is 0.417 e. The predicted octanol–water partition coefficient (Wildman–Crippen LogP) is 3.32. The van der Waals surface area contributed by atoms with Crippen LogP contribution in [0.3, 0.4) is 0 Å². The molecule has 0 amide bonds. The minimum absolute atomic E-state index is 0.172. The van der Waals surface area contributed by atoms with Crippen LogP contribution in [0.5, 0.6) is 0 Å². The van der Waals surface area contributed by atoms with Crippen LogP contribution in [0.2, 0.25) is 0 Å². The molecule has 0 radical (unpaired) electrons. The van der Waals surface area contributed by atoms with Gasteiger partial charge >= 0.3 is 6.18 Å². The second-order valence-corrected chi connectivity index (χ2v) is 9.22. The molecule has 1 aromatic rings. The van der Waals surface area contributed by atoms with Crippen molar-refractivity contribution >= 4 is 10.0 Å². The van der Waals surface area contributed by atoms with Gasteiger partial charge in [0.2, 0.25) is 10.0 Å². The molecule has 1 saturated heterocycles. The first-order chi connectivity index (χ1) is 13.0. The van der Waals surface area contributed by atoms with Crippen LogP contribution in [0.1, 0.15) is 50.3 Å². The van der Waals surface area contributed by atoms with Crippen LogP contribution in [0, 0.1) is 0 Å². The maximum absolute atomic E-state index is 14.0. The number of alkyl halides is 3. The van der Waals surface area contributed by atoms with Gasteiger partial charge in [0.15, 0.2) is 5.60 Å². The van der Waals surface area contributed by atoms with Gasteiger partial charge in [-0.25, -0.2) is 13.1 Å². The Morgan fingerprint density at radius 2 is 1.79 bits per heavy atom. The normalized spacial score (nSPS) is 19.9. The van der Waals surface area contributed by atoms with E-state index >= 15 is 0 Å². The molecule has 0 aromatic heterocycles. The number of nitrogens with one attached hydrogen (secondary N) is 2. The summed E-state index contributed by atoms with van der Waals surface area (Å²) in [5, 5.41) is 3.13. The van der Waals surface area contributed by atoms with Crippen LogP contribution in [-0.4, -0.2) is 45.6 Å². The molecule has 2 N–H and O–H groups in total. The molecule has 2 rings (SSSR count). The van der Waals surface area contributed by atoms with Crippen molar-refractivity contribution in [1.29, 1.82) is 0 Å². The Morgan fingerprint density at radius 3 is 2.25 bits per heavy atom. The second-order valence-electron chi connectivity index (χ2n) is 7.44. The van der Waals surface area contributed by atoms with E-state index in [-0.39, 0.29) is 12.8 Å². The zero-order chi connectivity index (χ0) is 21.0. The number of benzene rings is 1. The second kappa shape index (κ2) is 9.11. The fourth-order valence-corrected chi connectivity index (χ4v) is 4.27. The maximum atomic E-state index is 14.0. The average molecular weight is 423 g/mol. The summed E-state index contributed by atoms with van der Waals surface area (Å²) in [6, 6.07) is 6.06. The van der Waals surface area contributed by atoms with E-state index in [1.54, 1.807) is 31.2 Å². The lowest BCUT2D eigenvalue weighted by Crippen LogP contribution is -2.52. The van der Waals surface area contributed by atoms with E-state index in [1.807, 2.05) is 0 Å². The lowest BCUT2D eigenvalue weighted by molar-refractivity contribution is -0.293. The molecular weight excluding hydrogens is 393 g/mol. The van der Waals surface area contributed by atoms with Crippen LogP contribution in [0.4, 0.5) is 13.2 Å². The summed E-state index contributed by atoms with van der Waals surface area (Å²) in [6.07, 6.45) is -3.16. The summed E-state index contributed by atoms with van der Waals surface area (Å²) >= 11 is 0. The zero-order valence-electron chi connectivity index (χ0n) is 16.5. The molecule has 28 heavy (non-hydrogen) atoms. The van der Waals surface area contributed by atoms with Gasteiger partial charge in [-0.2, -0.15) is 13.2 Å². The smallest absolute Gasteiger partial charge is 0.362 e. The Balaban J connectivity index is 2.19. The van der Waals surface area contributed by atoms with Gasteiger partial charge in [0, 0.05) is 12.5 Å². The Kier molecular flexibility index (Phi) is 7.52. The maximum Gasteiger partial charge on any atom is 0.417 e. The lowest BCUT2D eigenvalue weighted by atomic mass is 9.89. The molecule has 1 unspecified atom stereocenters. The Labute approximate surface area is 165 Å². The van der Waals surface area contributed by atoms with Crippen molar-refractivity contribution in [1.82, 2.24) is 10.0 Å². The van der Waals surface area contributed by atoms with E-state index in [4.69, 9.17) is 4.74 Å². The summed E-state index contributed by atoms with van der Waals surface area (Å²) in [6.45, 7) is 4.49. The molecular formula is C19H29F3N2O3S. The molecule has 0 spiro atoms. The number of piperidine rings is 1. The molecule has 0 aliphatic carbocycles. The van der Waals surface area contributed by atoms with Gasteiger partial charge in [-0.1, -0.05) is 31.2 Å². The van der Waals surface area contributed by atoms with E-state index in [0.717, 1.165) is 6.26 Å².